The van der Waals surface area contributed by atoms with Crippen molar-refractivity contribution in [2.24, 2.45) is 0 Å². The van der Waals surface area contributed by atoms with Crippen LogP contribution in [0.25, 0.3) is 0 Å². The fourth-order valence-electron chi connectivity index (χ4n) is 1.87. The first-order valence-electron chi connectivity index (χ1n) is 5.13. The van der Waals surface area contributed by atoms with Crippen molar-refractivity contribution in [2.45, 2.75) is 18.8 Å². The van der Waals surface area contributed by atoms with Gasteiger partial charge in [0.2, 0.25) is 11.0 Å². The number of aromatic nitrogens is 2. The molecular formula is C9H13ClN4OS. The van der Waals surface area contributed by atoms with E-state index in [0.717, 1.165) is 30.9 Å². The lowest BCUT2D eigenvalue weighted by molar-refractivity contribution is -0.129. The lowest BCUT2D eigenvalue weighted by Gasteiger charge is -2.30. The van der Waals surface area contributed by atoms with Gasteiger partial charge in [-0.2, -0.15) is 0 Å². The molecule has 1 saturated heterocycles. The molecule has 1 fully saturated rings. The molecule has 7 heteroatoms. The van der Waals surface area contributed by atoms with E-state index in [1.165, 1.54) is 11.3 Å². The Balaban J connectivity index is 1.92. The number of anilines is 1. The topological polar surface area (TPSA) is 72.1 Å². The van der Waals surface area contributed by atoms with Gasteiger partial charge in [-0.15, -0.1) is 21.8 Å². The lowest BCUT2D eigenvalue weighted by Crippen LogP contribution is -2.38. The van der Waals surface area contributed by atoms with Crippen LogP contribution in [-0.2, 0) is 4.79 Å². The monoisotopic (exact) mass is 260 g/mol. The van der Waals surface area contributed by atoms with Crippen molar-refractivity contribution in [1.29, 1.82) is 0 Å². The summed E-state index contributed by atoms with van der Waals surface area (Å²) in [6.07, 6.45) is 1.83. The molecule has 88 valence electrons. The molecule has 0 spiro atoms. The van der Waals surface area contributed by atoms with Crippen LogP contribution in [0.1, 0.15) is 23.8 Å². The molecule has 1 aliphatic heterocycles. The Morgan fingerprint density at radius 1 is 1.50 bits per heavy atom. The van der Waals surface area contributed by atoms with E-state index in [1.54, 1.807) is 4.90 Å². The fourth-order valence-corrected chi connectivity index (χ4v) is 2.82. The van der Waals surface area contributed by atoms with E-state index in [4.69, 9.17) is 17.3 Å². The number of alkyl halides is 1. The summed E-state index contributed by atoms with van der Waals surface area (Å²) in [6, 6.07) is 0. The van der Waals surface area contributed by atoms with E-state index in [-0.39, 0.29) is 11.8 Å². The minimum absolute atomic E-state index is 0.0110. The van der Waals surface area contributed by atoms with E-state index in [2.05, 4.69) is 10.2 Å². The van der Waals surface area contributed by atoms with E-state index in [9.17, 15) is 4.79 Å². The van der Waals surface area contributed by atoms with Crippen molar-refractivity contribution in [3.8, 4) is 0 Å². The number of rotatable bonds is 2. The summed E-state index contributed by atoms with van der Waals surface area (Å²) >= 11 is 6.95. The Morgan fingerprint density at radius 3 is 2.69 bits per heavy atom. The van der Waals surface area contributed by atoms with Crippen molar-refractivity contribution >= 4 is 34.0 Å². The average Bonchev–Trinajstić information content (AvgIpc) is 2.75. The number of piperidine rings is 1. The van der Waals surface area contributed by atoms with Crippen molar-refractivity contribution in [1.82, 2.24) is 15.1 Å². The maximum atomic E-state index is 11.4. The number of nitrogens with two attached hydrogens (primary N) is 1. The second-order valence-corrected chi connectivity index (χ2v) is 5.08. The molecule has 0 aliphatic carbocycles. The van der Waals surface area contributed by atoms with Gasteiger partial charge >= 0.3 is 0 Å². The second-order valence-electron chi connectivity index (χ2n) is 3.77. The smallest absolute Gasteiger partial charge is 0.237 e. The number of carbonyl (C=O) groups excluding carboxylic acids is 1. The van der Waals surface area contributed by atoms with Crippen LogP contribution in [0.3, 0.4) is 0 Å². The summed E-state index contributed by atoms with van der Waals surface area (Å²) in [5.41, 5.74) is 5.55. The first kappa shape index (κ1) is 11.6. The lowest BCUT2D eigenvalue weighted by atomic mass is 9.98. The van der Waals surface area contributed by atoms with Gasteiger partial charge in [0.15, 0.2) is 0 Å². The van der Waals surface area contributed by atoms with Crippen molar-refractivity contribution in [3.63, 3.8) is 0 Å². The quantitative estimate of drug-likeness (QED) is 0.808. The van der Waals surface area contributed by atoms with Crippen LogP contribution in [0.2, 0.25) is 0 Å². The van der Waals surface area contributed by atoms with Gasteiger partial charge in [-0.3, -0.25) is 4.79 Å². The zero-order valence-corrected chi connectivity index (χ0v) is 10.3. The summed E-state index contributed by atoms with van der Waals surface area (Å²) in [6.45, 7) is 1.49. The number of hydrogen-bond acceptors (Lipinski definition) is 5. The maximum Gasteiger partial charge on any atom is 0.237 e. The summed E-state index contributed by atoms with van der Waals surface area (Å²) in [4.78, 5) is 13.2. The third kappa shape index (κ3) is 2.44. The van der Waals surface area contributed by atoms with Crippen LogP contribution in [0.4, 0.5) is 5.13 Å². The third-order valence-corrected chi connectivity index (χ3v) is 3.91. The highest BCUT2D eigenvalue weighted by molar-refractivity contribution is 7.15. The molecule has 1 aromatic rings. The molecule has 16 heavy (non-hydrogen) atoms. The molecule has 0 bridgehead atoms. The normalized spacial score (nSPS) is 17.7. The average molecular weight is 261 g/mol. The molecule has 0 radical (unpaired) electrons. The Hall–Kier alpha value is -0.880. The number of likely N-dealkylation sites (tertiary alicyclic amines) is 1. The molecule has 0 atom stereocenters. The first-order valence-corrected chi connectivity index (χ1v) is 6.48. The zero-order valence-electron chi connectivity index (χ0n) is 8.73. The molecule has 1 aliphatic rings. The van der Waals surface area contributed by atoms with E-state index >= 15 is 0 Å². The predicted molar refractivity (Wildman–Crippen MR) is 63.6 cm³/mol. The van der Waals surface area contributed by atoms with Crippen LogP contribution in [0, 0.1) is 0 Å². The molecule has 1 aromatic heterocycles. The fraction of sp³-hybridized carbons (Fsp3) is 0.667. The highest BCUT2D eigenvalue weighted by Crippen LogP contribution is 2.30. The Morgan fingerprint density at radius 2 is 2.19 bits per heavy atom. The first-order chi connectivity index (χ1) is 7.70. The number of nitrogen functional groups attached to an aromatic ring is 1. The largest absolute Gasteiger partial charge is 0.374 e. The summed E-state index contributed by atoms with van der Waals surface area (Å²) in [5.74, 6) is 0.460. The number of hydrogen-bond donors (Lipinski definition) is 1. The Bertz CT molecular complexity index is 375. The summed E-state index contributed by atoms with van der Waals surface area (Å²) < 4.78 is 0. The van der Waals surface area contributed by atoms with Gasteiger partial charge in [-0.05, 0) is 12.8 Å². The second kappa shape index (κ2) is 4.97. The zero-order chi connectivity index (χ0) is 11.5. The number of nitrogens with zero attached hydrogens (tertiary/aromatic N) is 3. The van der Waals surface area contributed by atoms with Crippen molar-refractivity contribution in [3.05, 3.63) is 5.01 Å². The molecule has 2 heterocycles. The predicted octanol–water partition coefficient (Wildman–Crippen LogP) is 1.07. The number of amides is 1. The SMILES string of the molecule is Nc1nnc(C2CCN(C(=O)CCl)CC2)s1. The van der Waals surface area contributed by atoms with E-state index < -0.39 is 0 Å². The maximum absolute atomic E-state index is 11.4. The number of carbonyl (C=O) groups is 1. The minimum Gasteiger partial charge on any atom is -0.374 e. The summed E-state index contributed by atoms with van der Waals surface area (Å²) in [5, 5.41) is 9.34. The molecule has 2 rings (SSSR count). The standard InChI is InChI=1S/C9H13ClN4OS/c10-5-7(15)14-3-1-6(2-4-14)8-12-13-9(11)16-8/h6H,1-5H2,(H2,11,13). The van der Waals surface area contributed by atoms with Gasteiger partial charge in [0.05, 0.1) is 0 Å². The highest BCUT2D eigenvalue weighted by atomic mass is 35.5. The molecule has 2 N–H and O–H groups in total. The minimum atomic E-state index is 0.0110. The summed E-state index contributed by atoms with van der Waals surface area (Å²) in [7, 11) is 0. The van der Waals surface area contributed by atoms with Crippen LogP contribution in [0.15, 0.2) is 0 Å². The molecule has 0 saturated carbocycles. The van der Waals surface area contributed by atoms with Crippen LogP contribution >= 0.6 is 22.9 Å². The van der Waals surface area contributed by atoms with E-state index in [1.807, 2.05) is 0 Å². The molecule has 0 aromatic carbocycles. The van der Waals surface area contributed by atoms with Gasteiger partial charge in [0.1, 0.15) is 10.9 Å². The van der Waals surface area contributed by atoms with Gasteiger partial charge in [0.25, 0.3) is 0 Å². The number of halogens is 1. The van der Waals surface area contributed by atoms with Crippen molar-refractivity contribution < 1.29 is 4.79 Å². The third-order valence-electron chi connectivity index (χ3n) is 2.77. The highest BCUT2D eigenvalue weighted by Gasteiger charge is 2.25. The van der Waals surface area contributed by atoms with Gasteiger partial charge < -0.3 is 10.6 Å². The molecule has 0 unspecified atom stereocenters. The van der Waals surface area contributed by atoms with Gasteiger partial charge in [0, 0.05) is 19.0 Å². The van der Waals surface area contributed by atoms with E-state index in [0.29, 0.717) is 11.0 Å². The Labute approximate surface area is 103 Å². The molecule has 1 amide bonds. The Kier molecular flexibility index (Phi) is 3.60. The van der Waals surface area contributed by atoms with Gasteiger partial charge in [-0.1, -0.05) is 11.3 Å². The van der Waals surface area contributed by atoms with Crippen LogP contribution < -0.4 is 5.73 Å². The van der Waals surface area contributed by atoms with Gasteiger partial charge in [-0.25, -0.2) is 0 Å². The van der Waals surface area contributed by atoms with Crippen LogP contribution in [-0.4, -0.2) is 40.0 Å². The molecular weight excluding hydrogens is 248 g/mol. The molecule has 5 nitrogen and oxygen atoms in total. The van der Waals surface area contributed by atoms with Crippen molar-refractivity contribution in [2.75, 3.05) is 24.7 Å². The van der Waals surface area contributed by atoms with Crippen LogP contribution in [0.5, 0.6) is 0 Å².